The molecule has 18 heavy (non-hydrogen) atoms. The number of hydrogen-bond donors (Lipinski definition) is 1. The van der Waals surface area contributed by atoms with Gasteiger partial charge in [-0.05, 0) is 30.4 Å². The molecule has 94 valence electrons. The number of nitrogens with zero attached hydrogens (tertiary/aromatic N) is 2. The number of aryl methyl sites for hydroxylation is 2. The Labute approximate surface area is 106 Å². The van der Waals surface area contributed by atoms with E-state index in [0.717, 1.165) is 18.7 Å². The number of aliphatic hydroxyl groups is 1. The van der Waals surface area contributed by atoms with Crippen LogP contribution >= 0.6 is 0 Å². The summed E-state index contributed by atoms with van der Waals surface area (Å²) in [5.41, 5.74) is 2.72. The van der Waals surface area contributed by atoms with Gasteiger partial charge in [0.25, 0.3) is 0 Å². The van der Waals surface area contributed by atoms with E-state index in [9.17, 15) is 0 Å². The molecule has 1 aliphatic carbocycles. The van der Waals surface area contributed by atoms with Gasteiger partial charge in [0, 0.05) is 18.9 Å². The highest BCUT2D eigenvalue weighted by Gasteiger charge is 2.27. The van der Waals surface area contributed by atoms with Gasteiger partial charge in [0.2, 0.25) is 5.89 Å². The molecule has 0 saturated carbocycles. The second kappa shape index (κ2) is 4.90. The molecule has 0 amide bonds. The minimum absolute atomic E-state index is 0.157. The van der Waals surface area contributed by atoms with Crippen LogP contribution in [0.25, 0.3) is 0 Å². The minimum atomic E-state index is 0.157. The van der Waals surface area contributed by atoms with Crippen LogP contribution < -0.4 is 0 Å². The molecule has 0 fully saturated rings. The maximum Gasteiger partial charge on any atom is 0.226 e. The van der Waals surface area contributed by atoms with Crippen molar-refractivity contribution in [1.82, 2.24) is 10.1 Å². The van der Waals surface area contributed by atoms with Crippen molar-refractivity contribution in [2.45, 2.75) is 31.6 Å². The summed E-state index contributed by atoms with van der Waals surface area (Å²) in [6.07, 6.45) is 3.46. The summed E-state index contributed by atoms with van der Waals surface area (Å²) in [5.74, 6) is 1.68. The van der Waals surface area contributed by atoms with Crippen molar-refractivity contribution >= 4 is 0 Å². The van der Waals surface area contributed by atoms with E-state index in [0.29, 0.717) is 18.7 Å². The van der Waals surface area contributed by atoms with E-state index >= 15 is 0 Å². The minimum Gasteiger partial charge on any atom is -0.396 e. The molecule has 1 aromatic carbocycles. The molecule has 2 aromatic rings. The molecule has 0 radical (unpaired) electrons. The first-order chi connectivity index (χ1) is 8.88. The zero-order chi connectivity index (χ0) is 12.4. The van der Waals surface area contributed by atoms with Crippen molar-refractivity contribution in [3.8, 4) is 0 Å². The van der Waals surface area contributed by atoms with Gasteiger partial charge < -0.3 is 9.63 Å². The Kier molecular flexibility index (Phi) is 3.11. The van der Waals surface area contributed by atoms with E-state index < -0.39 is 0 Å². The summed E-state index contributed by atoms with van der Waals surface area (Å²) in [6.45, 7) is 0.157. The summed E-state index contributed by atoms with van der Waals surface area (Å²) in [6, 6.07) is 8.45. The van der Waals surface area contributed by atoms with Gasteiger partial charge >= 0.3 is 0 Å². The molecule has 3 rings (SSSR count). The van der Waals surface area contributed by atoms with Crippen LogP contribution in [-0.2, 0) is 12.8 Å². The van der Waals surface area contributed by atoms with E-state index in [-0.39, 0.29) is 12.5 Å². The molecule has 0 saturated heterocycles. The molecule has 1 unspecified atom stereocenters. The van der Waals surface area contributed by atoms with Gasteiger partial charge in [0.15, 0.2) is 5.82 Å². The molecule has 0 aliphatic heterocycles. The maximum atomic E-state index is 8.79. The van der Waals surface area contributed by atoms with Crippen molar-refractivity contribution in [2.24, 2.45) is 0 Å². The van der Waals surface area contributed by atoms with Gasteiger partial charge in [-0.2, -0.15) is 4.98 Å². The van der Waals surface area contributed by atoms with Crippen molar-refractivity contribution in [3.05, 3.63) is 47.1 Å². The number of rotatable bonds is 4. The Hall–Kier alpha value is -1.68. The lowest BCUT2D eigenvalue weighted by Gasteiger charge is -2.05. The van der Waals surface area contributed by atoms with Crippen molar-refractivity contribution in [3.63, 3.8) is 0 Å². The van der Waals surface area contributed by atoms with E-state index in [1.165, 1.54) is 11.1 Å². The van der Waals surface area contributed by atoms with Gasteiger partial charge in [-0.1, -0.05) is 29.4 Å². The largest absolute Gasteiger partial charge is 0.396 e. The highest BCUT2D eigenvalue weighted by Crippen LogP contribution is 2.36. The molecule has 1 aromatic heterocycles. The molecular formula is C14H16N2O2. The first-order valence-corrected chi connectivity index (χ1v) is 6.39. The smallest absolute Gasteiger partial charge is 0.226 e. The highest BCUT2D eigenvalue weighted by molar-refractivity contribution is 5.38. The SMILES string of the molecule is OCCCc1nc(C2CCc3ccccc32)no1. The molecule has 1 atom stereocenters. The van der Waals surface area contributed by atoms with Gasteiger partial charge in [0.1, 0.15) is 0 Å². The molecule has 1 aliphatic rings. The van der Waals surface area contributed by atoms with Crippen LogP contribution in [0.15, 0.2) is 28.8 Å². The average Bonchev–Trinajstić information content (AvgIpc) is 3.02. The quantitative estimate of drug-likeness (QED) is 0.894. The summed E-state index contributed by atoms with van der Waals surface area (Å²) < 4.78 is 5.22. The number of fused-ring (bicyclic) bond motifs is 1. The van der Waals surface area contributed by atoms with E-state index in [2.05, 4.69) is 34.4 Å². The lowest BCUT2D eigenvalue weighted by atomic mass is 10.0. The molecule has 4 nitrogen and oxygen atoms in total. The third-order valence-corrected chi connectivity index (χ3v) is 3.48. The monoisotopic (exact) mass is 244 g/mol. The Balaban J connectivity index is 1.82. The third-order valence-electron chi connectivity index (χ3n) is 3.48. The summed E-state index contributed by atoms with van der Waals surface area (Å²) in [4.78, 5) is 4.44. The molecule has 1 N–H and O–H groups in total. The maximum absolute atomic E-state index is 8.79. The average molecular weight is 244 g/mol. The molecule has 0 spiro atoms. The van der Waals surface area contributed by atoms with Gasteiger partial charge in [-0.3, -0.25) is 0 Å². The van der Waals surface area contributed by atoms with Crippen LogP contribution in [0.3, 0.4) is 0 Å². The first-order valence-electron chi connectivity index (χ1n) is 6.39. The van der Waals surface area contributed by atoms with E-state index in [1.807, 2.05) is 0 Å². The molecular weight excluding hydrogens is 228 g/mol. The predicted molar refractivity (Wildman–Crippen MR) is 66.3 cm³/mol. The normalized spacial score (nSPS) is 17.9. The first kappa shape index (κ1) is 11.4. The summed E-state index contributed by atoms with van der Waals surface area (Å²) in [7, 11) is 0. The Morgan fingerprint density at radius 1 is 1.33 bits per heavy atom. The van der Waals surface area contributed by atoms with Gasteiger partial charge in [-0.25, -0.2) is 0 Å². The van der Waals surface area contributed by atoms with Crippen molar-refractivity contribution in [1.29, 1.82) is 0 Å². The molecule has 0 bridgehead atoms. The van der Waals surface area contributed by atoms with Crippen molar-refractivity contribution in [2.75, 3.05) is 6.61 Å². The zero-order valence-electron chi connectivity index (χ0n) is 10.2. The van der Waals surface area contributed by atoms with Crippen LogP contribution in [0.4, 0.5) is 0 Å². The van der Waals surface area contributed by atoms with Crippen LogP contribution in [0, 0.1) is 0 Å². The van der Waals surface area contributed by atoms with Crippen LogP contribution in [0.5, 0.6) is 0 Å². The predicted octanol–water partition coefficient (Wildman–Crippen LogP) is 2.07. The zero-order valence-corrected chi connectivity index (χ0v) is 10.2. The van der Waals surface area contributed by atoms with Gasteiger partial charge in [-0.15, -0.1) is 0 Å². The van der Waals surface area contributed by atoms with Crippen LogP contribution in [0.1, 0.15) is 41.6 Å². The summed E-state index contributed by atoms with van der Waals surface area (Å²) >= 11 is 0. The van der Waals surface area contributed by atoms with E-state index in [4.69, 9.17) is 9.63 Å². The lowest BCUT2D eigenvalue weighted by Crippen LogP contribution is -1.99. The second-order valence-electron chi connectivity index (χ2n) is 4.66. The number of benzene rings is 1. The standard InChI is InChI=1S/C14H16N2O2/c17-9-3-6-13-15-14(16-18-13)12-8-7-10-4-1-2-5-11(10)12/h1-2,4-5,12,17H,3,6-9H2. The van der Waals surface area contributed by atoms with Gasteiger partial charge in [0.05, 0.1) is 0 Å². The Bertz CT molecular complexity index is 536. The number of aliphatic hydroxyl groups excluding tert-OH is 1. The molecule has 1 heterocycles. The van der Waals surface area contributed by atoms with Crippen LogP contribution in [-0.4, -0.2) is 21.9 Å². The van der Waals surface area contributed by atoms with E-state index in [1.54, 1.807) is 0 Å². The molecule has 4 heteroatoms. The second-order valence-corrected chi connectivity index (χ2v) is 4.66. The number of aromatic nitrogens is 2. The fourth-order valence-corrected chi connectivity index (χ4v) is 2.57. The Morgan fingerprint density at radius 3 is 3.11 bits per heavy atom. The topological polar surface area (TPSA) is 59.2 Å². The van der Waals surface area contributed by atoms with Crippen molar-refractivity contribution < 1.29 is 9.63 Å². The third kappa shape index (κ3) is 2.04. The number of hydrogen-bond acceptors (Lipinski definition) is 4. The Morgan fingerprint density at radius 2 is 2.22 bits per heavy atom. The highest BCUT2D eigenvalue weighted by atomic mass is 16.5. The lowest BCUT2D eigenvalue weighted by molar-refractivity contribution is 0.278. The fourth-order valence-electron chi connectivity index (χ4n) is 2.57. The fraction of sp³-hybridized carbons (Fsp3) is 0.429. The summed E-state index contributed by atoms with van der Waals surface area (Å²) in [5, 5.41) is 12.9. The van der Waals surface area contributed by atoms with Crippen LogP contribution in [0.2, 0.25) is 0 Å².